The van der Waals surface area contributed by atoms with E-state index in [-0.39, 0.29) is 6.10 Å². The molecule has 1 aliphatic heterocycles. The smallest absolute Gasteiger partial charge is 0.0679 e. The van der Waals surface area contributed by atoms with Gasteiger partial charge >= 0.3 is 0 Å². The van der Waals surface area contributed by atoms with Crippen molar-refractivity contribution in [2.45, 2.75) is 18.9 Å². The predicted octanol–water partition coefficient (Wildman–Crippen LogP) is 2.53. The standard InChI is InChI=1S/C16H21NO2S/c18-15-3-6-17(12-15)7-9-19-8-4-13-1-2-14-5-10-20-16(14)11-13/h1-2,5,10-11,15,18H,3-4,6-9,12H2/t15-/m0/s1. The van der Waals surface area contributed by atoms with Crippen molar-refractivity contribution >= 4 is 21.4 Å². The van der Waals surface area contributed by atoms with Crippen LogP contribution >= 0.6 is 11.3 Å². The van der Waals surface area contributed by atoms with Crippen molar-refractivity contribution < 1.29 is 9.84 Å². The summed E-state index contributed by atoms with van der Waals surface area (Å²) in [6.07, 6.45) is 1.74. The van der Waals surface area contributed by atoms with E-state index in [0.717, 1.165) is 45.7 Å². The van der Waals surface area contributed by atoms with Gasteiger partial charge in [-0.3, -0.25) is 4.90 Å². The van der Waals surface area contributed by atoms with Crippen LogP contribution in [-0.2, 0) is 11.2 Å². The molecule has 0 aliphatic carbocycles. The maximum Gasteiger partial charge on any atom is 0.0679 e. The number of ether oxygens (including phenoxy) is 1. The largest absolute Gasteiger partial charge is 0.392 e. The Morgan fingerprint density at radius 3 is 3.10 bits per heavy atom. The zero-order chi connectivity index (χ0) is 13.8. The average Bonchev–Trinajstić information content (AvgIpc) is 3.06. The van der Waals surface area contributed by atoms with Crippen molar-refractivity contribution in [1.82, 2.24) is 4.90 Å². The lowest BCUT2D eigenvalue weighted by molar-refractivity contribution is 0.106. The summed E-state index contributed by atoms with van der Waals surface area (Å²) in [5.41, 5.74) is 1.34. The van der Waals surface area contributed by atoms with Gasteiger partial charge in [-0.2, -0.15) is 0 Å². The molecule has 0 saturated carbocycles. The molecule has 0 spiro atoms. The van der Waals surface area contributed by atoms with Crippen LogP contribution in [0.1, 0.15) is 12.0 Å². The molecule has 1 N–H and O–H groups in total. The van der Waals surface area contributed by atoms with Gasteiger partial charge in [-0.1, -0.05) is 12.1 Å². The van der Waals surface area contributed by atoms with E-state index in [0.29, 0.717) is 0 Å². The summed E-state index contributed by atoms with van der Waals surface area (Å²) in [5, 5.41) is 12.9. The molecule has 3 nitrogen and oxygen atoms in total. The fourth-order valence-corrected chi connectivity index (χ4v) is 3.51. The number of likely N-dealkylation sites (tertiary alicyclic amines) is 1. The summed E-state index contributed by atoms with van der Waals surface area (Å²) in [6.45, 7) is 4.26. The molecule has 20 heavy (non-hydrogen) atoms. The minimum atomic E-state index is -0.132. The van der Waals surface area contributed by atoms with E-state index in [9.17, 15) is 5.11 Å². The lowest BCUT2D eigenvalue weighted by atomic mass is 10.1. The van der Waals surface area contributed by atoms with Crippen LogP contribution < -0.4 is 0 Å². The summed E-state index contributed by atoms with van der Waals surface area (Å²) in [7, 11) is 0. The van der Waals surface area contributed by atoms with Gasteiger partial charge < -0.3 is 9.84 Å². The Bertz CT molecular complexity index is 554. The van der Waals surface area contributed by atoms with Crippen molar-refractivity contribution in [2.24, 2.45) is 0 Å². The molecule has 0 unspecified atom stereocenters. The van der Waals surface area contributed by atoms with Crippen LogP contribution in [0.15, 0.2) is 29.6 Å². The summed E-state index contributed by atoms with van der Waals surface area (Å²) in [5.74, 6) is 0. The molecule has 1 saturated heterocycles. The fraction of sp³-hybridized carbons (Fsp3) is 0.500. The molecule has 2 heterocycles. The first kappa shape index (κ1) is 14.0. The van der Waals surface area contributed by atoms with Crippen molar-refractivity contribution in [3.8, 4) is 0 Å². The van der Waals surface area contributed by atoms with E-state index in [1.54, 1.807) is 11.3 Å². The number of benzene rings is 1. The van der Waals surface area contributed by atoms with Gasteiger partial charge in [-0.15, -0.1) is 11.3 Å². The minimum absolute atomic E-state index is 0.132. The maximum absolute atomic E-state index is 9.44. The molecule has 1 aromatic carbocycles. The number of rotatable bonds is 6. The topological polar surface area (TPSA) is 32.7 Å². The third-order valence-electron chi connectivity index (χ3n) is 3.86. The van der Waals surface area contributed by atoms with Gasteiger partial charge in [-0.25, -0.2) is 0 Å². The number of hydrogen-bond donors (Lipinski definition) is 1. The second-order valence-corrected chi connectivity index (χ2v) is 6.35. The summed E-state index contributed by atoms with van der Waals surface area (Å²) >= 11 is 1.79. The van der Waals surface area contributed by atoms with E-state index in [1.165, 1.54) is 15.6 Å². The molecule has 1 aromatic heterocycles. The molecule has 3 rings (SSSR count). The third kappa shape index (κ3) is 3.58. The first-order valence-electron chi connectivity index (χ1n) is 7.25. The Balaban J connectivity index is 1.37. The Morgan fingerprint density at radius 2 is 2.25 bits per heavy atom. The van der Waals surface area contributed by atoms with Crippen LogP contribution in [0.2, 0.25) is 0 Å². The van der Waals surface area contributed by atoms with Crippen LogP contribution in [0.4, 0.5) is 0 Å². The molecule has 1 atom stereocenters. The van der Waals surface area contributed by atoms with Gasteiger partial charge in [0.05, 0.1) is 19.3 Å². The Labute approximate surface area is 123 Å². The van der Waals surface area contributed by atoms with Crippen LogP contribution in [0, 0.1) is 0 Å². The zero-order valence-corrected chi connectivity index (χ0v) is 12.4. The molecule has 1 aliphatic rings. The highest BCUT2D eigenvalue weighted by Gasteiger charge is 2.19. The Morgan fingerprint density at radius 1 is 1.30 bits per heavy atom. The number of aliphatic hydroxyl groups is 1. The zero-order valence-electron chi connectivity index (χ0n) is 11.6. The predicted molar refractivity (Wildman–Crippen MR) is 83.4 cm³/mol. The number of thiophene rings is 1. The Hall–Kier alpha value is -0.940. The second kappa shape index (κ2) is 6.68. The lowest BCUT2D eigenvalue weighted by Crippen LogP contribution is -2.26. The molecular weight excluding hydrogens is 270 g/mol. The molecule has 2 aromatic rings. The summed E-state index contributed by atoms with van der Waals surface area (Å²) < 4.78 is 7.06. The van der Waals surface area contributed by atoms with Gasteiger partial charge in [0.15, 0.2) is 0 Å². The molecule has 0 bridgehead atoms. The van der Waals surface area contributed by atoms with Crippen LogP contribution in [0.5, 0.6) is 0 Å². The van der Waals surface area contributed by atoms with Gasteiger partial charge in [0, 0.05) is 24.3 Å². The number of hydrogen-bond acceptors (Lipinski definition) is 4. The van der Waals surface area contributed by atoms with E-state index in [4.69, 9.17) is 4.74 Å². The fourth-order valence-electron chi connectivity index (χ4n) is 2.66. The van der Waals surface area contributed by atoms with Crippen molar-refractivity contribution in [1.29, 1.82) is 0 Å². The van der Waals surface area contributed by atoms with Crippen molar-refractivity contribution in [3.63, 3.8) is 0 Å². The van der Waals surface area contributed by atoms with E-state index < -0.39 is 0 Å². The third-order valence-corrected chi connectivity index (χ3v) is 4.73. The highest BCUT2D eigenvalue weighted by atomic mass is 32.1. The maximum atomic E-state index is 9.44. The van der Waals surface area contributed by atoms with Gasteiger partial charge in [0.1, 0.15) is 0 Å². The highest BCUT2D eigenvalue weighted by Crippen LogP contribution is 2.22. The first-order chi connectivity index (χ1) is 9.81. The van der Waals surface area contributed by atoms with Crippen LogP contribution in [0.25, 0.3) is 10.1 Å². The normalized spacial score (nSPS) is 19.9. The van der Waals surface area contributed by atoms with Crippen molar-refractivity contribution in [3.05, 3.63) is 35.2 Å². The van der Waals surface area contributed by atoms with E-state index in [1.807, 2.05) is 0 Å². The molecule has 4 heteroatoms. The number of nitrogens with zero attached hydrogens (tertiary/aromatic N) is 1. The van der Waals surface area contributed by atoms with Crippen molar-refractivity contribution in [2.75, 3.05) is 32.8 Å². The molecule has 0 radical (unpaired) electrons. The SMILES string of the molecule is O[C@H]1CCN(CCOCCc2ccc3ccsc3c2)C1. The monoisotopic (exact) mass is 291 g/mol. The molecule has 1 fully saturated rings. The minimum Gasteiger partial charge on any atom is -0.392 e. The first-order valence-corrected chi connectivity index (χ1v) is 8.13. The van der Waals surface area contributed by atoms with E-state index >= 15 is 0 Å². The second-order valence-electron chi connectivity index (χ2n) is 5.40. The van der Waals surface area contributed by atoms with Crippen LogP contribution in [0.3, 0.4) is 0 Å². The highest BCUT2D eigenvalue weighted by molar-refractivity contribution is 7.17. The van der Waals surface area contributed by atoms with Gasteiger partial charge in [-0.05, 0) is 41.3 Å². The Kier molecular flexibility index (Phi) is 4.68. The molecule has 0 amide bonds. The van der Waals surface area contributed by atoms with E-state index in [2.05, 4.69) is 34.5 Å². The summed E-state index contributed by atoms with van der Waals surface area (Å²) in [4.78, 5) is 2.27. The number of β-amino-alcohol motifs (C(OH)–C–C–N with tert-alkyl or cyclic N) is 1. The van der Waals surface area contributed by atoms with Gasteiger partial charge in [0.2, 0.25) is 0 Å². The number of fused-ring (bicyclic) bond motifs is 1. The van der Waals surface area contributed by atoms with Gasteiger partial charge in [0.25, 0.3) is 0 Å². The lowest BCUT2D eigenvalue weighted by Gasteiger charge is -2.14. The number of aliphatic hydroxyl groups excluding tert-OH is 1. The van der Waals surface area contributed by atoms with Crippen LogP contribution in [-0.4, -0.2) is 49.0 Å². The quantitative estimate of drug-likeness (QED) is 0.830. The molecule has 108 valence electrons. The average molecular weight is 291 g/mol. The summed E-state index contributed by atoms with van der Waals surface area (Å²) in [6, 6.07) is 8.80. The molecular formula is C16H21NO2S.